The molecular weight excluding hydrogens is 216 g/mol. The SMILES string of the molecule is C=[S-](=C)CC(=O)c1ccccc1.CC.CC. The molecule has 0 aromatic heterocycles. The highest BCUT2D eigenvalue weighted by atomic mass is 32.2. The Bertz CT molecular complexity index is 329. The van der Waals surface area contributed by atoms with Gasteiger partial charge < -0.3 is 10.1 Å². The van der Waals surface area contributed by atoms with Gasteiger partial charge >= 0.3 is 0 Å². The van der Waals surface area contributed by atoms with Gasteiger partial charge in [-0.1, -0.05) is 63.8 Å². The maximum atomic E-state index is 11.4. The Labute approximate surface area is 102 Å². The molecule has 0 spiro atoms. The molecule has 0 saturated carbocycles. The van der Waals surface area contributed by atoms with Crippen molar-refractivity contribution < 1.29 is 4.79 Å². The number of rotatable bonds is 3. The van der Waals surface area contributed by atoms with Crippen molar-refractivity contribution in [2.75, 3.05) is 5.75 Å². The van der Waals surface area contributed by atoms with Crippen molar-refractivity contribution in [2.45, 2.75) is 27.7 Å². The number of hydrogen-bond acceptors (Lipinski definition) is 2. The number of carbonyl (C=O) groups is 1. The molecule has 2 heteroatoms. The van der Waals surface area contributed by atoms with Crippen molar-refractivity contribution in [3.63, 3.8) is 0 Å². The largest absolute Gasteiger partial charge is 0.478 e. The topological polar surface area (TPSA) is 17.1 Å². The van der Waals surface area contributed by atoms with E-state index in [2.05, 4.69) is 11.7 Å². The summed E-state index contributed by atoms with van der Waals surface area (Å²) in [5.74, 6) is 7.98. The van der Waals surface area contributed by atoms with Crippen LogP contribution in [0, 0.1) is 0 Å². The van der Waals surface area contributed by atoms with Crippen LogP contribution in [0.3, 0.4) is 0 Å². The van der Waals surface area contributed by atoms with Gasteiger partial charge in [0.2, 0.25) is 0 Å². The van der Waals surface area contributed by atoms with Crippen LogP contribution in [0.2, 0.25) is 0 Å². The molecule has 0 bridgehead atoms. The van der Waals surface area contributed by atoms with Crippen LogP contribution in [-0.4, -0.2) is 23.3 Å². The smallest absolute Gasteiger partial charge is 0.142 e. The number of Topliss-reactive ketones (excluding diaryl/α,β-unsaturated/α-hetero) is 1. The lowest BCUT2D eigenvalue weighted by Crippen LogP contribution is -2.05. The summed E-state index contributed by atoms with van der Waals surface area (Å²) >= 11 is 0. The van der Waals surface area contributed by atoms with E-state index in [0.717, 1.165) is 5.56 Å². The van der Waals surface area contributed by atoms with E-state index in [1.807, 2.05) is 58.0 Å². The van der Waals surface area contributed by atoms with Gasteiger partial charge in [0.1, 0.15) is 5.78 Å². The average Bonchev–Trinajstić information content (AvgIpc) is 2.34. The Morgan fingerprint density at radius 1 is 1.06 bits per heavy atom. The van der Waals surface area contributed by atoms with E-state index in [4.69, 9.17) is 0 Å². The summed E-state index contributed by atoms with van der Waals surface area (Å²) in [6, 6.07) is 9.24. The quantitative estimate of drug-likeness (QED) is 0.449. The molecule has 0 radical (unpaired) electrons. The summed E-state index contributed by atoms with van der Waals surface area (Å²) in [5.41, 5.74) is 0.752. The van der Waals surface area contributed by atoms with Crippen LogP contribution in [0.1, 0.15) is 38.1 Å². The van der Waals surface area contributed by atoms with E-state index >= 15 is 0 Å². The molecule has 0 amide bonds. The number of carbonyl (C=O) groups excluding carboxylic acids is 1. The first-order chi connectivity index (χ1) is 7.70. The van der Waals surface area contributed by atoms with Gasteiger partial charge in [-0.2, -0.15) is 0 Å². The highest BCUT2D eigenvalue weighted by Crippen LogP contribution is 1.99. The minimum atomic E-state index is -0.296. The second-order valence-corrected chi connectivity index (χ2v) is 4.06. The molecule has 0 atom stereocenters. The molecule has 0 N–H and O–H groups in total. The Kier molecular flexibility index (Phi) is 13.1. The van der Waals surface area contributed by atoms with Crippen molar-refractivity contribution in [2.24, 2.45) is 0 Å². The van der Waals surface area contributed by atoms with Gasteiger partial charge in [-0.3, -0.25) is 4.79 Å². The van der Waals surface area contributed by atoms with Crippen LogP contribution in [0.5, 0.6) is 0 Å². The molecule has 16 heavy (non-hydrogen) atoms. The van der Waals surface area contributed by atoms with Crippen LogP contribution >= 0.6 is 0 Å². The van der Waals surface area contributed by atoms with Crippen LogP contribution in [-0.2, 0) is 10.1 Å². The minimum Gasteiger partial charge on any atom is -0.478 e. The first kappa shape index (κ1) is 17.4. The van der Waals surface area contributed by atoms with Crippen LogP contribution < -0.4 is 0 Å². The summed E-state index contributed by atoms with van der Waals surface area (Å²) in [6.07, 6.45) is 0. The Hall–Kier alpha value is -1.02. The molecule has 1 aromatic carbocycles. The fourth-order valence-electron chi connectivity index (χ4n) is 0.893. The third-order valence-corrected chi connectivity index (χ3v) is 2.10. The zero-order valence-electron chi connectivity index (χ0n) is 10.8. The maximum absolute atomic E-state index is 11.4. The first-order valence-corrected chi connectivity index (χ1v) is 7.32. The van der Waals surface area contributed by atoms with Crippen LogP contribution in [0.15, 0.2) is 30.3 Å². The van der Waals surface area contributed by atoms with E-state index < -0.39 is 0 Å². The predicted octanol–water partition coefficient (Wildman–Crippen LogP) is 3.40. The third kappa shape index (κ3) is 8.30. The zero-order valence-corrected chi connectivity index (χ0v) is 11.6. The number of ketones is 1. The van der Waals surface area contributed by atoms with Gasteiger partial charge in [-0.05, 0) is 0 Å². The lowest BCUT2D eigenvalue weighted by Gasteiger charge is -2.04. The standard InChI is InChI=1S/C10H11OS.2C2H6/c1-12(2)8-10(11)9-6-4-3-5-7-9;2*1-2/h3-7H,1-2,8H2;2*1-2H3/q-1;;. The summed E-state index contributed by atoms with van der Waals surface area (Å²) in [7, 11) is -0.296. The van der Waals surface area contributed by atoms with Crippen molar-refractivity contribution in [3.8, 4) is 0 Å². The second kappa shape index (κ2) is 12.1. The molecule has 0 aliphatic rings. The summed E-state index contributed by atoms with van der Waals surface area (Å²) in [4.78, 5) is 11.4. The Morgan fingerprint density at radius 3 is 1.88 bits per heavy atom. The molecule has 0 fully saturated rings. The van der Waals surface area contributed by atoms with Gasteiger partial charge in [-0.15, -0.1) is 0 Å². The lowest BCUT2D eigenvalue weighted by atomic mass is 10.2. The molecule has 1 rings (SSSR count). The molecule has 0 saturated heterocycles. The molecule has 1 nitrogen and oxygen atoms in total. The van der Waals surface area contributed by atoms with Crippen LogP contribution in [0.4, 0.5) is 0 Å². The van der Waals surface area contributed by atoms with Gasteiger partial charge in [0.25, 0.3) is 0 Å². The fraction of sp³-hybridized carbons (Fsp3) is 0.357. The van der Waals surface area contributed by atoms with Gasteiger partial charge in [-0.25, -0.2) is 11.7 Å². The van der Waals surface area contributed by atoms with E-state index in [0.29, 0.717) is 5.75 Å². The van der Waals surface area contributed by atoms with E-state index in [9.17, 15) is 4.79 Å². The second-order valence-electron chi connectivity index (χ2n) is 2.55. The lowest BCUT2D eigenvalue weighted by molar-refractivity contribution is 0.102. The Balaban J connectivity index is 0. The highest BCUT2D eigenvalue weighted by Gasteiger charge is 1.96. The molecule has 0 aliphatic heterocycles. The van der Waals surface area contributed by atoms with Gasteiger partial charge in [0.15, 0.2) is 0 Å². The molecule has 0 heterocycles. The normalized spacial score (nSPS) is 8.31. The van der Waals surface area contributed by atoms with Gasteiger partial charge in [0, 0.05) is 5.56 Å². The molecule has 92 valence electrons. The van der Waals surface area contributed by atoms with Crippen LogP contribution in [0.25, 0.3) is 0 Å². The van der Waals surface area contributed by atoms with E-state index in [1.54, 1.807) is 0 Å². The van der Waals surface area contributed by atoms with Crippen molar-refractivity contribution in [1.29, 1.82) is 0 Å². The molecular formula is C14H23OS-. The minimum absolute atomic E-state index is 0.129. The summed E-state index contributed by atoms with van der Waals surface area (Å²) < 4.78 is 0. The monoisotopic (exact) mass is 239 g/mol. The molecule has 1 aromatic rings. The predicted molar refractivity (Wildman–Crippen MR) is 79.9 cm³/mol. The number of hydrogen-bond donors (Lipinski definition) is 0. The number of benzene rings is 1. The maximum Gasteiger partial charge on any atom is 0.142 e. The molecule has 0 unspecified atom stereocenters. The summed E-state index contributed by atoms with van der Waals surface area (Å²) in [6.45, 7) is 8.00. The average molecular weight is 239 g/mol. The third-order valence-electron chi connectivity index (χ3n) is 1.43. The summed E-state index contributed by atoms with van der Waals surface area (Å²) in [5, 5.41) is 0. The highest BCUT2D eigenvalue weighted by molar-refractivity contribution is 7.92. The first-order valence-electron chi connectivity index (χ1n) is 5.58. The zero-order chi connectivity index (χ0) is 13.0. The van der Waals surface area contributed by atoms with E-state index in [1.165, 1.54) is 0 Å². The van der Waals surface area contributed by atoms with Crippen molar-refractivity contribution in [3.05, 3.63) is 35.9 Å². The Morgan fingerprint density at radius 2 is 1.50 bits per heavy atom. The van der Waals surface area contributed by atoms with E-state index in [-0.39, 0.29) is 15.9 Å². The van der Waals surface area contributed by atoms with Gasteiger partial charge in [0.05, 0.1) is 0 Å². The molecule has 0 aliphatic carbocycles. The van der Waals surface area contributed by atoms with Crippen molar-refractivity contribution in [1.82, 2.24) is 0 Å². The van der Waals surface area contributed by atoms with Crippen molar-refractivity contribution >= 4 is 27.6 Å². The fourth-order valence-corrected chi connectivity index (χ4v) is 1.43.